The summed E-state index contributed by atoms with van der Waals surface area (Å²) in [6.07, 6.45) is 3.95. The lowest BCUT2D eigenvalue weighted by atomic mass is 10.1. The zero-order valence-electron chi connectivity index (χ0n) is 14.3. The van der Waals surface area contributed by atoms with Crippen molar-refractivity contribution in [1.82, 2.24) is 14.7 Å². The highest BCUT2D eigenvalue weighted by Gasteiger charge is 2.18. The van der Waals surface area contributed by atoms with E-state index in [1.807, 2.05) is 74.8 Å². The summed E-state index contributed by atoms with van der Waals surface area (Å²) in [6, 6.07) is 17.4. The van der Waals surface area contributed by atoms with Crippen molar-refractivity contribution in [3.8, 4) is 5.69 Å². The fourth-order valence-corrected chi connectivity index (χ4v) is 2.88. The summed E-state index contributed by atoms with van der Waals surface area (Å²) >= 11 is 6.05. The van der Waals surface area contributed by atoms with Crippen molar-refractivity contribution in [3.63, 3.8) is 0 Å². The third-order valence-electron chi connectivity index (χ3n) is 4.32. The first-order valence-corrected chi connectivity index (χ1v) is 8.52. The van der Waals surface area contributed by atoms with Crippen LogP contribution < -0.4 is 0 Å². The van der Waals surface area contributed by atoms with Gasteiger partial charge in [0.05, 0.1) is 24.3 Å². The Bertz CT molecular complexity index is 860. The molecule has 0 saturated heterocycles. The molecule has 0 N–H and O–H groups in total. The van der Waals surface area contributed by atoms with E-state index >= 15 is 0 Å². The quantitative estimate of drug-likeness (QED) is 0.686. The number of carbonyl (C=O) groups excluding carboxylic acids is 1. The minimum atomic E-state index is -0.0460. The second-order valence-corrected chi connectivity index (χ2v) is 6.48. The van der Waals surface area contributed by atoms with Crippen LogP contribution in [-0.4, -0.2) is 27.6 Å². The van der Waals surface area contributed by atoms with Gasteiger partial charge in [0, 0.05) is 18.3 Å². The van der Waals surface area contributed by atoms with Gasteiger partial charge in [0.15, 0.2) is 0 Å². The summed E-state index contributed by atoms with van der Waals surface area (Å²) in [5, 5.41) is 5.02. The van der Waals surface area contributed by atoms with Crippen molar-refractivity contribution < 1.29 is 4.79 Å². The van der Waals surface area contributed by atoms with E-state index in [0.717, 1.165) is 16.8 Å². The Morgan fingerprint density at radius 2 is 1.96 bits per heavy atom. The highest BCUT2D eigenvalue weighted by Crippen LogP contribution is 2.22. The van der Waals surface area contributed by atoms with E-state index in [2.05, 4.69) is 5.10 Å². The van der Waals surface area contributed by atoms with Crippen LogP contribution in [0.4, 0.5) is 0 Å². The van der Waals surface area contributed by atoms with Gasteiger partial charge in [-0.05, 0) is 42.3 Å². The monoisotopic (exact) mass is 353 g/mol. The van der Waals surface area contributed by atoms with Gasteiger partial charge in [0.1, 0.15) is 0 Å². The third-order valence-corrected chi connectivity index (χ3v) is 4.55. The number of nitrogens with zero attached hydrogens (tertiary/aromatic N) is 3. The second-order valence-electron chi connectivity index (χ2n) is 6.04. The number of halogens is 1. The van der Waals surface area contributed by atoms with Crippen LogP contribution in [0, 0.1) is 0 Å². The van der Waals surface area contributed by atoms with E-state index in [1.54, 1.807) is 15.8 Å². The Labute approximate surface area is 152 Å². The molecule has 1 aromatic heterocycles. The van der Waals surface area contributed by atoms with E-state index in [1.165, 1.54) is 0 Å². The molecule has 0 aliphatic carbocycles. The maximum Gasteiger partial charge on any atom is 0.227 e. The van der Waals surface area contributed by atoms with Gasteiger partial charge in [-0.3, -0.25) is 4.79 Å². The number of rotatable bonds is 5. The van der Waals surface area contributed by atoms with Gasteiger partial charge < -0.3 is 4.90 Å². The number of carbonyl (C=O) groups is 1. The summed E-state index contributed by atoms with van der Waals surface area (Å²) in [4.78, 5) is 14.4. The van der Waals surface area contributed by atoms with Gasteiger partial charge in [-0.25, -0.2) is 4.68 Å². The maximum atomic E-state index is 12.6. The average molecular weight is 354 g/mol. The number of amides is 1. The third kappa shape index (κ3) is 4.09. The first-order valence-electron chi connectivity index (χ1n) is 8.14. The molecule has 1 heterocycles. The highest BCUT2D eigenvalue weighted by molar-refractivity contribution is 6.30. The molecule has 0 bridgehead atoms. The van der Waals surface area contributed by atoms with Gasteiger partial charge in [0.25, 0.3) is 0 Å². The lowest BCUT2D eigenvalue weighted by Crippen LogP contribution is -2.30. The van der Waals surface area contributed by atoms with Gasteiger partial charge in [-0.2, -0.15) is 5.10 Å². The van der Waals surface area contributed by atoms with E-state index in [0.29, 0.717) is 11.4 Å². The number of likely N-dealkylation sites (N-methyl/N-ethyl adjacent to an activating group) is 1. The molecule has 0 fully saturated rings. The van der Waals surface area contributed by atoms with Crippen molar-refractivity contribution in [3.05, 3.63) is 83.1 Å². The normalized spacial score (nSPS) is 12.0. The predicted molar refractivity (Wildman–Crippen MR) is 99.9 cm³/mol. The molecular formula is C20H20ClN3O. The average Bonchev–Trinajstić information content (AvgIpc) is 3.09. The summed E-state index contributed by atoms with van der Waals surface area (Å²) < 4.78 is 1.78. The Balaban J connectivity index is 1.68. The molecule has 5 heteroatoms. The lowest BCUT2D eigenvalue weighted by molar-refractivity contribution is -0.131. The molecule has 0 aliphatic rings. The van der Waals surface area contributed by atoms with Crippen molar-refractivity contribution in [2.24, 2.45) is 0 Å². The summed E-state index contributed by atoms with van der Waals surface area (Å²) in [5.41, 5.74) is 2.88. The Morgan fingerprint density at radius 1 is 1.20 bits per heavy atom. The molecule has 0 saturated carbocycles. The lowest BCUT2D eigenvalue weighted by Gasteiger charge is -2.25. The van der Waals surface area contributed by atoms with Crippen LogP contribution in [0.5, 0.6) is 0 Å². The second kappa shape index (κ2) is 7.53. The minimum Gasteiger partial charge on any atom is -0.339 e. The van der Waals surface area contributed by atoms with Crippen molar-refractivity contribution in [1.29, 1.82) is 0 Å². The van der Waals surface area contributed by atoms with Gasteiger partial charge in [-0.1, -0.05) is 41.9 Å². The number of hydrogen-bond acceptors (Lipinski definition) is 2. The summed E-state index contributed by atoms with van der Waals surface area (Å²) in [7, 11) is 1.82. The van der Waals surface area contributed by atoms with Crippen LogP contribution >= 0.6 is 11.6 Å². The fourth-order valence-electron chi connectivity index (χ4n) is 2.68. The van der Waals surface area contributed by atoms with Gasteiger partial charge in [0.2, 0.25) is 5.91 Å². The largest absolute Gasteiger partial charge is 0.339 e. The van der Waals surface area contributed by atoms with Crippen LogP contribution in [0.3, 0.4) is 0 Å². The molecule has 3 rings (SSSR count). The van der Waals surface area contributed by atoms with Gasteiger partial charge >= 0.3 is 0 Å². The van der Waals surface area contributed by atoms with Crippen LogP contribution in [0.25, 0.3) is 5.69 Å². The summed E-state index contributed by atoms with van der Waals surface area (Å²) in [6.45, 7) is 2.00. The molecule has 4 nitrogen and oxygen atoms in total. The molecule has 1 atom stereocenters. The molecular weight excluding hydrogens is 334 g/mol. The molecule has 0 radical (unpaired) electrons. The molecule has 3 aromatic rings. The van der Waals surface area contributed by atoms with Crippen LogP contribution in [0.1, 0.15) is 24.1 Å². The number of benzene rings is 2. The van der Waals surface area contributed by atoms with Crippen LogP contribution in [0.15, 0.2) is 67.0 Å². The molecule has 0 spiro atoms. The molecule has 2 aromatic carbocycles. The Morgan fingerprint density at radius 3 is 2.68 bits per heavy atom. The molecule has 25 heavy (non-hydrogen) atoms. The topological polar surface area (TPSA) is 38.1 Å². The fraction of sp³-hybridized carbons (Fsp3) is 0.200. The van der Waals surface area contributed by atoms with Gasteiger partial charge in [-0.15, -0.1) is 0 Å². The Hall–Kier alpha value is -2.59. The highest BCUT2D eigenvalue weighted by atomic mass is 35.5. The molecule has 1 unspecified atom stereocenters. The van der Waals surface area contributed by atoms with Crippen molar-refractivity contribution >= 4 is 17.5 Å². The summed E-state index contributed by atoms with van der Waals surface area (Å²) in [5.74, 6) is 0.0417. The number of para-hydroxylation sites is 1. The van der Waals surface area contributed by atoms with Crippen molar-refractivity contribution in [2.75, 3.05) is 7.05 Å². The zero-order chi connectivity index (χ0) is 17.8. The van der Waals surface area contributed by atoms with E-state index in [-0.39, 0.29) is 11.9 Å². The minimum absolute atomic E-state index is 0.0417. The van der Waals surface area contributed by atoms with Crippen LogP contribution in [-0.2, 0) is 11.2 Å². The van der Waals surface area contributed by atoms with E-state index in [4.69, 9.17) is 11.6 Å². The first-order chi connectivity index (χ1) is 12.0. The first kappa shape index (κ1) is 17.2. The standard InChI is InChI=1S/C20H20ClN3O/c1-15(17-7-6-8-18(21)12-17)23(2)20(25)11-16-13-22-24(14-16)19-9-4-3-5-10-19/h3-10,12-15H,11H2,1-2H3. The van der Waals surface area contributed by atoms with E-state index < -0.39 is 0 Å². The Kier molecular flexibility index (Phi) is 5.19. The van der Waals surface area contributed by atoms with Crippen LogP contribution in [0.2, 0.25) is 5.02 Å². The molecule has 128 valence electrons. The predicted octanol–water partition coefficient (Wildman–Crippen LogP) is 4.29. The molecule has 1 amide bonds. The number of aromatic nitrogens is 2. The molecule has 0 aliphatic heterocycles. The number of hydrogen-bond donors (Lipinski definition) is 0. The zero-order valence-corrected chi connectivity index (χ0v) is 15.0. The smallest absolute Gasteiger partial charge is 0.227 e. The van der Waals surface area contributed by atoms with Crippen molar-refractivity contribution in [2.45, 2.75) is 19.4 Å². The SMILES string of the molecule is CC(c1cccc(Cl)c1)N(C)C(=O)Cc1cnn(-c2ccccc2)c1. The van der Waals surface area contributed by atoms with E-state index in [9.17, 15) is 4.79 Å². The maximum absolute atomic E-state index is 12.6.